The van der Waals surface area contributed by atoms with Crippen molar-refractivity contribution in [1.29, 1.82) is 0 Å². The van der Waals surface area contributed by atoms with Crippen LogP contribution in [-0.2, 0) is 27.0 Å². The first-order valence-corrected chi connectivity index (χ1v) is 10.4. The minimum absolute atomic E-state index is 0.0288. The van der Waals surface area contributed by atoms with E-state index in [4.69, 9.17) is 0 Å². The van der Waals surface area contributed by atoms with Crippen LogP contribution in [0.25, 0.3) is 0 Å². The number of anilines is 2. The summed E-state index contributed by atoms with van der Waals surface area (Å²) in [6, 6.07) is 4.99. The molecule has 0 fully saturated rings. The fourth-order valence-electron chi connectivity index (χ4n) is 3.24. The number of hydrogen-bond acceptors (Lipinski definition) is 3. The largest absolute Gasteiger partial charge is 0.309 e. The Morgan fingerprint density at radius 1 is 1.07 bits per heavy atom. The molecule has 0 saturated heterocycles. The lowest BCUT2D eigenvalue weighted by Gasteiger charge is -2.30. The fraction of sp³-hybridized carbons (Fsp3) is 0.316. The standard InChI is InChI=1S/C19H19F3N2O3S/c1-2-7-24-18(25)6-3-12-9-15(10-17(22)19(12)24)23-28(26,27)11-13-8-14(20)4-5-16(13)21/h4-5,8-10,23H,2-3,6-7,11H2,1H3. The number of carbonyl (C=O) groups excluding carboxylic acids is 1. The number of nitrogens with one attached hydrogen (secondary N) is 1. The van der Waals surface area contributed by atoms with E-state index in [9.17, 15) is 26.4 Å². The normalized spacial score (nSPS) is 14.1. The molecule has 0 aliphatic carbocycles. The van der Waals surface area contributed by atoms with E-state index in [1.54, 1.807) is 0 Å². The van der Waals surface area contributed by atoms with Gasteiger partial charge in [0, 0.05) is 24.6 Å². The van der Waals surface area contributed by atoms with Crippen molar-refractivity contribution in [2.75, 3.05) is 16.2 Å². The molecule has 2 aromatic rings. The van der Waals surface area contributed by atoms with Crippen LogP contribution in [0.2, 0.25) is 0 Å². The molecule has 3 rings (SSSR count). The molecular formula is C19H19F3N2O3S. The molecule has 1 aliphatic rings. The molecule has 28 heavy (non-hydrogen) atoms. The lowest BCUT2D eigenvalue weighted by Crippen LogP contribution is -2.36. The van der Waals surface area contributed by atoms with Gasteiger partial charge in [0.25, 0.3) is 0 Å². The average molecular weight is 412 g/mol. The van der Waals surface area contributed by atoms with E-state index in [0.29, 0.717) is 24.9 Å². The van der Waals surface area contributed by atoms with Crippen LogP contribution >= 0.6 is 0 Å². The second-order valence-electron chi connectivity index (χ2n) is 6.61. The number of aryl methyl sites for hydroxylation is 1. The summed E-state index contributed by atoms with van der Waals surface area (Å²) in [5.41, 5.74) is 0.324. The monoisotopic (exact) mass is 412 g/mol. The number of hydrogen-bond donors (Lipinski definition) is 1. The highest BCUT2D eigenvalue weighted by Crippen LogP contribution is 2.34. The molecule has 0 spiro atoms. The van der Waals surface area contributed by atoms with Crippen LogP contribution in [0.3, 0.4) is 0 Å². The maximum atomic E-state index is 14.7. The summed E-state index contributed by atoms with van der Waals surface area (Å²) >= 11 is 0. The summed E-state index contributed by atoms with van der Waals surface area (Å²) in [5, 5.41) is 0. The first-order chi connectivity index (χ1) is 13.2. The van der Waals surface area contributed by atoms with Crippen molar-refractivity contribution >= 4 is 27.3 Å². The highest BCUT2D eigenvalue weighted by Gasteiger charge is 2.28. The molecule has 0 saturated carbocycles. The zero-order chi connectivity index (χ0) is 20.5. The Balaban J connectivity index is 1.88. The van der Waals surface area contributed by atoms with Crippen molar-refractivity contribution in [2.45, 2.75) is 31.9 Å². The maximum absolute atomic E-state index is 14.7. The number of fused-ring (bicyclic) bond motifs is 1. The van der Waals surface area contributed by atoms with E-state index in [2.05, 4.69) is 4.72 Å². The third-order valence-corrected chi connectivity index (χ3v) is 5.63. The van der Waals surface area contributed by atoms with Crippen LogP contribution in [0.15, 0.2) is 30.3 Å². The highest BCUT2D eigenvalue weighted by atomic mass is 32.2. The molecule has 0 bridgehead atoms. The van der Waals surface area contributed by atoms with Gasteiger partial charge >= 0.3 is 0 Å². The summed E-state index contributed by atoms with van der Waals surface area (Å²) in [6.07, 6.45) is 1.15. The second-order valence-corrected chi connectivity index (χ2v) is 8.33. The Bertz CT molecular complexity index is 1030. The summed E-state index contributed by atoms with van der Waals surface area (Å²) in [5.74, 6) is -3.29. The van der Waals surface area contributed by atoms with Gasteiger partial charge in [0.05, 0.1) is 17.1 Å². The summed E-state index contributed by atoms with van der Waals surface area (Å²) in [7, 11) is -4.11. The molecule has 2 aromatic carbocycles. The van der Waals surface area contributed by atoms with Gasteiger partial charge in [-0.15, -0.1) is 0 Å². The first kappa shape index (κ1) is 20.2. The van der Waals surface area contributed by atoms with Crippen LogP contribution in [0.4, 0.5) is 24.5 Å². The predicted octanol–water partition coefficient (Wildman–Crippen LogP) is 3.74. The number of benzene rings is 2. The van der Waals surface area contributed by atoms with Gasteiger partial charge in [-0.1, -0.05) is 6.92 Å². The Hall–Kier alpha value is -2.55. The molecule has 1 amide bonds. The van der Waals surface area contributed by atoms with Crippen molar-refractivity contribution in [3.05, 3.63) is 58.9 Å². The minimum atomic E-state index is -4.11. The van der Waals surface area contributed by atoms with Crippen molar-refractivity contribution < 1.29 is 26.4 Å². The van der Waals surface area contributed by atoms with Gasteiger partial charge in [-0.3, -0.25) is 9.52 Å². The molecule has 0 radical (unpaired) electrons. The Morgan fingerprint density at radius 3 is 2.54 bits per heavy atom. The zero-order valence-electron chi connectivity index (χ0n) is 15.1. The van der Waals surface area contributed by atoms with Gasteiger partial charge in [0.15, 0.2) is 0 Å². The van der Waals surface area contributed by atoms with Crippen LogP contribution in [-0.4, -0.2) is 20.9 Å². The zero-order valence-corrected chi connectivity index (χ0v) is 16.0. The number of rotatable bonds is 6. The van der Waals surface area contributed by atoms with Gasteiger partial charge in [-0.25, -0.2) is 21.6 Å². The molecule has 5 nitrogen and oxygen atoms in total. The molecule has 0 atom stereocenters. The molecule has 1 aliphatic heterocycles. The third-order valence-electron chi connectivity index (χ3n) is 4.40. The van der Waals surface area contributed by atoms with Crippen molar-refractivity contribution in [3.63, 3.8) is 0 Å². The smallest absolute Gasteiger partial charge is 0.237 e. The van der Waals surface area contributed by atoms with E-state index in [1.807, 2.05) is 6.92 Å². The molecular weight excluding hydrogens is 393 g/mol. The summed E-state index contributed by atoms with van der Waals surface area (Å²) in [6.45, 7) is 2.24. The van der Waals surface area contributed by atoms with E-state index in [0.717, 1.165) is 24.3 Å². The van der Waals surface area contributed by atoms with Crippen molar-refractivity contribution in [3.8, 4) is 0 Å². The minimum Gasteiger partial charge on any atom is -0.309 e. The second kappa shape index (κ2) is 7.83. The van der Waals surface area contributed by atoms with E-state index < -0.39 is 33.2 Å². The lowest BCUT2D eigenvalue weighted by atomic mass is 10.00. The van der Waals surface area contributed by atoms with Gasteiger partial charge in [-0.2, -0.15) is 0 Å². The number of halogens is 3. The molecule has 150 valence electrons. The average Bonchev–Trinajstić information content (AvgIpc) is 2.60. The Kier molecular flexibility index (Phi) is 5.64. The number of carbonyl (C=O) groups is 1. The van der Waals surface area contributed by atoms with Gasteiger partial charge in [0.1, 0.15) is 17.5 Å². The van der Waals surface area contributed by atoms with Gasteiger partial charge in [-0.05, 0) is 42.7 Å². The SMILES string of the molecule is CCCN1C(=O)CCc2cc(NS(=O)(=O)Cc3cc(F)ccc3F)cc(F)c21. The van der Waals surface area contributed by atoms with Crippen molar-refractivity contribution in [2.24, 2.45) is 0 Å². The topological polar surface area (TPSA) is 66.5 Å². The van der Waals surface area contributed by atoms with Crippen LogP contribution in [0.5, 0.6) is 0 Å². The highest BCUT2D eigenvalue weighted by molar-refractivity contribution is 7.91. The third kappa shape index (κ3) is 4.30. The Labute approximate surface area is 161 Å². The maximum Gasteiger partial charge on any atom is 0.237 e. The number of sulfonamides is 1. The molecule has 9 heteroatoms. The molecule has 1 heterocycles. The number of nitrogens with zero attached hydrogens (tertiary/aromatic N) is 1. The summed E-state index contributed by atoms with van der Waals surface area (Å²) < 4.78 is 68.5. The Morgan fingerprint density at radius 2 is 1.82 bits per heavy atom. The molecule has 1 N–H and O–H groups in total. The lowest BCUT2D eigenvalue weighted by molar-refractivity contribution is -0.118. The van der Waals surface area contributed by atoms with Crippen molar-refractivity contribution in [1.82, 2.24) is 0 Å². The molecule has 0 unspecified atom stereocenters. The van der Waals surface area contributed by atoms with Crippen LogP contribution < -0.4 is 9.62 Å². The van der Waals surface area contributed by atoms with Crippen LogP contribution in [0.1, 0.15) is 30.9 Å². The van der Waals surface area contributed by atoms with E-state index in [1.165, 1.54) is 11.0 Å². The first-order valence-electron chi connectivity index (χ1n) is 8.77. The number of amides is 1. The van der Waals surface area contributed by atoms with E-state index in [-0.39, 0.29) is 29.3 Å². The van der Waals surface area contributed by atoms with E-state index >= 15 is 0 Å². The molecule has 0 aromatic heterocycles. The fourth-order valence-corrected chi connectivity index (χ4v) is 4.42. The van der Waals surface area contributed by atoms with Crippen LogP contribution in [0, 0.1) is 17.5 Å². The quantitative estimate of drug-likeness (QED) is 0.786. The van der Waals surface area contributed by atoms with Gasteiger partial charge < -0.3 is 4.90 Å². The van der Waals surface area contributed by atoms with Gasteiger partial charge in [0.2, 0.25) is 15.9 Å². The predicted molar refractivity (Wildman–Crippen MR) is 100.0 cm³/mol. The summed E-state index contributed by atoms with van der Waals surface area (Å²) in [4.78, 5) is 13.4.